The van der Waals surface area contributed by atoms with Crippen molar-refractivity contribution in [2.24, 2.45) is 23.7 Å². The first-order chi connectivity index (χ1) is 6.68. The molecule has 2 aliphatic rings. The van der Waals surface area contributed by atoms with Gasteiger partial charge in [0.05, 0.1) is 6.10 Å². The van der Waals surface area contributed by atoms with Crippen molar-refractivity contribution in [2.75, 3.05) is 0 Å². The van der Waals surface area contributed by atoms with Crippen LogP contribution >= 0.6 is 0 Å². The molecule has 2 rings (SSSR count). The summed E-state index contributed by atoms with van der Waals surface area (Å²) in [5.74, 6) is 3.39. The van der Waals surface area contributed by atoms with E-state index in [0.29, 0.717) is 5.92 Å². The quantitative estimate of drug-likeness (QED) is 0.682. The van der Waals surface area contributed by atoms with Crippen LogP contribution in [0.2, 0.25) is 0 Å². The van der Waals surface area contributed by atoms with Crippen LogP contribution in [-0.4, -0.2) is 11.2 Å². The molecule has 5 atom stereocenters. The molecule has 0 radical (unpaired) electrons. The second kappa shape index (κ2) is 4.22. The zero-order valence-electron chi connectivity index (χ0n) is 9.58. The summed E-state index contributed by atoms with van der Waals surface area (Å²) >= 11 is 0. The molecule has 0 aromatic rings. The molecule has 5 unspecified atom stereocenters. The molecule has 14 heavy (non-hydrogen) atoms. The van der Waals surface area contributed by atoms with E-state index in [9.17, 15) is 5.11 Å². The highest BCUT2D eigenvalue weighted by molar-refractivity contribution is 4.86. The normalized spacial score (nSPS) is 49.5. The summed E-state index contributed by atoms with van der Waals surface area (Å²) in [6.07, 6.45) is 7.93. The fraction of sp³-hybridized carbons (Fsp3) is 1.00. The molecule has 0 saturated heterocycles. The van der Waals surface area contributed by atoms with Crippen LogP contribution in [0.4, 0.5) is 0 Å². The van der Waals surface area contributed by atoms with Crippen LogP contribution in [0.1, 0.15) is 52.4 Å². The summed E-state index contributed by atoms with van der Waals surface area (Å²) < 4.78 is 0. The van der Waals surface area contributed by atoms with Gasteiger partial charge < -0.3 is 5.11 Å². The average molecular weight is 196 g/mol. The van der Waals surface area contributed by atoms with Crippen LogP contribution in [0, 0.1) is 23.7 Å². The van der Waals surface area contributed by atoms with Crippen molar-refractivity contribution in [3.63, 3.8) is 0 Å². The first-order valence-electron chi connectivity index (χ1n) is 6.36. The van der Waals surface area contributed by atoms with Gasteiger partial charge in [0.25, 0.3) is 0 Å². The summed E-state index contributed by atoms with van der Waals surface area (Å²) in [7, 11) is 0. The highest BCUT2D eigenvalue weighted by Gasteiger charge is 2.35. The second-order valence-corrected chi connectivity index (χ2v) is 5.69. The molecule has 0 aromatic heterocycles. The van der Waals surface area contributed by atoms with Crippen LogP contribution in [0.25, 0.3) is 0 Å². The maximum Gasteiger partial charge on any atom is 0.0566 e. The minimum atomic E-state index is -0.0111. The van der Waals surface area contributed by atoms with Crippen LogP contribution in [-0.2, 0) is 0 Å². The van der Waals surface area contributed by atoms with E-state index in [0.717, 1.165) is 24.2 Å². The van der Waals surface area contributed by atoms with E-state index in [1.54, 1.807) is 0 Å². The highest BCUT2D eigenvalue weighted by atomic mass is 16.3. The molecule has 2 saturated carbocycles. The van der Waals surface area contributed by atoms with Gasteiger partial charge in [-0.3, -0.25) is 0 Å². The third-order valence-corrected chi connectivity index (χ3v) is 4.70. The van der Waals surface area contributed by atoms with Crippen molar-refractivity contribution in [1.82, 2.24) is 0 Å². The largest absolute Gasteiger partial charge is 0.393 e. The number of hydrogen-bond donors (Lipinski definition) is 1. The SMILES string of the molecule is CC1CC(C2CCCC2C)CCC1O. The second-order valence-electron chi connectivity index (χ2n) is 5.69. The molecule has 2 aliphatic carbocycles. The van der Waals surface area contributed by atoms with Crippen LogP contribution in [0.15, 0.2) is 0 Å². The van der Waals surface area contributed by atoms with Crippen molar-refractivity contribution >= 4 is 0 Å². The maximum atomic E-state index is 9.70. The Kier molecular flexibility index (Phi) is 3.16. The zero-order chi connectivity index (χ0) is 10.1. The van der Waals surface area contributed by atoms with E-state index in [-0.39, 0.29) is 6.10 Å². The summed E-state index contributed by atoms with van der Waals surface area (Å²) in [5, 5.41) is 9.70. The van der Waals surface area contributed by atoms with Gasteiger partial charge in [-0.1, -0.05) is 26.7 Å². The molecule has 1 heteroatoms. The van der Waals surface area contributed by atoms with Gasteiger partial charge in [0.2, 0.25) is 0 Å². The molecule has 0 spiro atoms. The lowest BCUT2D eigenvalue weighted by Gasteiger charge is -2.36. The van der Waals surface area contributed by atoms with E-state index in [1.807, 2.05) is 0 Å². The monoisotopic (exact) mass is 196 g/mol. The lowest BCUT2D eigenvalue weighted by atomic mass is 9.71. The number of aliphatic hydroxyl groups excluding tert-OH is 1. The standard InChI is InChI=1S/C13H24O/c1-9-4-3-5-12(9)11-6-7-13(14)10(2)8-11/h9-14H,3-8H2,1-2H3. The lowest BCUT2D eigenvalue weighted by molar-refractivity contribution is 0.0372. The van der Waals surface area contributed by atoms with E-state index in [1.165, 1.54) is 32.1 Å². The molecule has 0 heterocycles. The van der Waals surface area contributed by atoms with Crippen LogP contribution < -0.4 is 0 Å². The average Bonchev–Trinajstić information content (AvgIpc) is 2.57. The third-order valence-electron chi connectivity index (χ3n) is 4.70. The van der Waals surface area contributed by atoms with Gasteiger partial charge >= 0.3 is 0 Å². The summed E-state index contributed by atoms with van der Waals surface area (Å²) in [5.41, 5.74) is 0. The minimum absolute atomic E-state index is 0.0111. The smallest absolute Gasteiger partial charge is 0.0566 e. The number of rotatable bonds is 1. The van der Waals surface area contributed by atoms with Crippen molar-refractivity contribution in [3.8, 4) is 0 Å². The topological polar surface area (TPSA) is 20.2 Å². The van der Waals surface area contributed by atoms with Crippen LogP contribution in [0.5, 0.6) is 0 Å². The summed E-state index contributed by atoms with van der Waals surface area (Å²) in [6.45, 7) is 4.64. The van der Waals surface area contributed by atoms with Crippen molar-refractivity contribution in [2.45, 2.75) is 58.5 Å². The maximum absolute atomic E-state index is 9.70. The van der Waals surface area contributed by atoms with Gasteiger partial charge in [0.1, 0.15) is 0 Å². The Labute approximate surface area is 87.9 Å². The van der Waals surface area contributed by atoms with E-state index >= 15 is 0 Å². The predicted molar refractivity (Wildman–Crippen MR) is 59.0 cm³/mol. The van der Waals surface area contributed by atoms with Crippen molar-refractivity contribution < 1.29 is 5.11 Å². The molecule has 82 valence electrons. The molecule has 0 amide bonds. The van der Waals surface area contributed by atoms with E-state index in [2.05, 4.69) is 13.8 Å². The number of hydrogen-bond acceptors (Lipinski definition) is 1. The first-order valence-corrected chi connectivity index (χ1v) is 6.36. The fourth-order valence-corrected chi connectivity index (χ4v) is 3.69. The third kappa shape index (κ3) is 1.98. The van der Waals surface area contributed by atoms with Gasteiger partial charge in [-0.25, -0.2) is 0 Å². The first kappa shape index (κ1) is 10.5. The van der Waals surface area contributed by atoms with Gasteiger partial charge in [-0.2, -0.15) is 0 Å². The van der Waals surface area contributed by atoms with Gasteiger partial charge in [0.15, 0.2) is 0 Å². The molecule has 1 N–H and O–H groups in total. The highest BCUT2D eigenvalue weighted by Crippen LogP contribution is 2.43. The summed E-state index contributed by atoms with van der Waals surface area (Å²) in [4.78, 5) is 0. The fourth-order valence-electron chi connectivity index (χ4n) is 3.69. The minimum Gasteiger partial charge on any atom is -0.393 e. The molecular formula is C13H24O. The molecule has 0 aliphatic heterocycles. The Bertz CT molecular complexity index is 190. The zero-order valence-corrected chi connectivity index (χ0v) is 9.58. The Hall–Kier alpha value is -0.0400. The predicted octanol–water partition coefficient (Wildman–Crippen LogP) is 3.22. The number of aliphatic hydroxyl groups is 1. The van der Waals surface area contributed by atoms with Crippen LogP contribution in [0.3, 0.4) is 0 Å². The molecule has 1 nitrogen and oxygen atoms in total. The Balaban J connectivity index is 1.92. The Morgan fingerprint density at radius 3 is 2.29 bits per heavy atom. The molecule has 2 fully saturated rings. The lowest BCUT2D eigenvalue weighted by Crippen LogP contribution is -2.31. The molecule has 0 bridgehead atoms. The summed E-state index contributed by atoms with van der Waals surface area (Å²) in [6, 6.07) is 0. The van der Waals surface area contributed by atoms with Gasteiger partial charge in [-0.15, -0.1) is 0 Å². The molecule has 0 aromatic carbocycles. The molecular weight excluding hydrogens is 172 g/mol. The van der Waals surface area contributed by atoms with E-state index < -0.39 is 0 Å². The van der Waals surface area contributed by atoms with Crippen molar-refractivity contribution in [1.29, 1.82) is 0 Å². The van der Waals surface area contributed by atoms with Crippen molar-refractivity contribution in [3.05, 3.63) is 0 Å². The Morgan fingerprint density at radius 2 is 1.71 bits per heavy atom. The van der Waals surface area contributed by atoms with Gasteiger partial charge in [-0.05, 0) is 49.4 Å². The van der Waals surface area contributed by atoms with E-state index in [4.69, 9.17) is 0 Å². The van der Waals surface area contributed by atoms with Gasteiger partial charge in [0, 0.05) is 0 Å². The Morgan fingerprint density at radius 1 is 0.929 bits per heavy atom.